The third-order valence-electron chi connectivity index (χ3n) is 7.30. The van der Waals surface area contributed by atoms with Crippen LogP contribution in [0.3, 0.4) is 0 Å². The zero-order valence-corrected chi connectivity index (χ0v) is 22.8. The normalized spacial score (nSPS) is 16.3. The number of likely N-dealkylation sites (tertiary alicyclic amines) is 1. The lowest BCUT2D eigenvalue weighted by atomic mass is 9.99. The number of ether oxygens (including phenoxy) is 2. The number of fused-ring (bicyclic) bond motifs is 1. The maximum Gasteiger partial charge on any atom is 0.513 e. The molecule has 2 aliphatic heterocycles. The molecule has 0 saturated carbocycles. The summed E-state index contributed by atoms with van der Waals surface area (Å²) >= 11 is 0. The minimum atomic E-state index is -0.841. The van der Waals surface area contributed by atoms with Crippen LogP contribution >= 0.6 is 0 Å². The number of hydrogen-bond donors (Lipinski definition) is 2. The van der Waals surface area contributed by atoms with Crippen LogP contribution in [-0.2, 0) is 9.53 Å². The molecular formula is C31H32N4O5. The van der Waals surface area contributed by atoms with Gasteiger partial charge < -0.3 is 29.9 Å². The van der Waals surface area contributed by atoms with E-state index in [9.17, 15) is 14.4 Å². The van der Waals surface area contributed by atoms with Crippen LogP contribution in [0.15, 0.2) is 72.8 Å². The van der Waals surface area contributed by atoms with Gasteiger partial charge in [-0.2, -0.15) is 0 Å². The van der Waals surface area contributed by atoms with Gasteiger partial charge in [0.25, 0.3) is 11.8 Å². The van der Waals surface area contributed by atoms with Crippen LogP contribution in [0.4, 0.5) is 16.2 Å². The molecule has 1 saturated heterocycles. The lowest BCUT2D eigenvalue weighted by Gasteiger charge is -2.35. The molecule has 0 aliphatic carbocycles. The zero-order chi connectivity index (χ0) is 28.2. The van der Waals surface area contributed by atoms with E-state index < -0.39 is 6.16 Å². The number of piperidine rings is 1. The molecule has 5 rings (SSSR count). The molecular weight excluding hydrogens is 508 g/mol. The van der Waals surface area contributed by atoms with Crippen LogP contribution in [0, 0.1) is 0 Å². The van der Waals surface area contributed by atoms with Crippen LogP contribution in [0.2, 0.25) is 0 Å². The highest BCUT2D eigenvalue weighted by Crippen LogP contribution is 2.39. The van der Waals surface area contributed by atoms with Crippen molar-refractivity contribution in [2.24, 2.45) is 0 Å². The van der Waals surface area contributed by atoms with E-state index in [1.165, 1.54) is 7.11 Å². The van der Waals surface area contributed by atoms with E-state index in [1.54, 1.807) is 18.2 Å². The predicted molar refractivity (Wildman–Crippen MR) is 154 cm³/mol. The fraction of sp³-hybridized carbons (Fsp3) is 0.258. The van der Waals surface area contributed by atoms with E-state index in [4.69, 9.17) is 4.74 Å². The fourth-order valence-corrected chi connectivity index (χ4v) is 5.09. The Labute approximate surface area is 233 Å². The molecule has 0 aromatic heterocycles. The largest absolute Gasteiger partial charge is 0.513 e. The molecule has 2 aliphatic rings. The summed E-state index contributed by atoms with van der Waals surface area (Å²) in [5, 5.41) is 6.27. The molecule has 3 aromatic carbocycles. The molecule has 3 aromatic rings. The van der Waals surface area contributed by atoms with Crippen LogP contribution in [0.25, 0.3) is 11.3 Å². The minimum Gasteiger partial charge on any atom is -0.437 e. The Morgan fingerprint density at radius 2 is 1.65 bits per heavy atom. The number of rotatable bonds is 6. The summed E-state index contributed by atoms with van der Waals surface area (Å²) in [7, 11) is 5.39. The highest BCUT2D eigenvalue weighted by atomic mass is 16.7. The quantitative estimate of drug-likeness (QED) is 0.260. The molecule has 0 radical (unpaired) electrons. The number of methoxy groups -OCH3 is 1. The first-order valence-electron chi connectivity index (χ1n) is 13.2. The summed E-state index contributed by atoms with van der Waals surface area (Å²) in [6.07, 6.45) is 1.09. The van der Waals surface area contributed by atoms with Crippen LogP contribution in [0.1, 0.15) is 34.3 Å². The molecule has 9 nitrogen and oxygen atoms in total. The molecule has 40 heavy (non-hydrogen) atoms. The van der Waals surface area contributed by atoms with Gasteiger partial charge in [-0.3, -0.25) is 9.59 Å². The number of amides is 2. The Kier molecular flexibility index (Phi) is 7.84. The SMILES string of the molecule is COC(=O)Oc1ccc2c(c1)NC(=O)/C2=C(\Nc1ccc(C(=O)N2CCC(N(C)C)CC2)cc1)c1ccccc1. The zero-order valence-electron chi connectivity index (χ0n) is 22.8. The molecule has 2 heterocycles. The molecule has 2 amide bonds. The van der Waals surface area contributed by atoms with E-state index in [1.807, 2.05) is 59.5 Å². The van der Waals surface area contributed by atoms with Crippen molar-refractivity contribution in [3.63, 3.8) is 0 Å². The second kappa shape index (κ2) is 11.6. The van der Waals surface area contributed by atoms with Gasteiger partial charge in [-0.05, 0) is 68.9 Å². The van der Waals surface area contributed by atoms with Crippen molar-refractivity contribution in [2.75, 3.05) is 44.9 Å². The summed E-state index contributed by atoms with van der Waals surface area (Å²) in [6.45, 7) is 1.49. The molecule has 9 heteroatoms. The standard InChI is InChI=1S/C31H32N4O5/c1-34(2)23-15-17-35(18-16-23)30(37)21-9-11-22(12-10-21)32-28(20-7-5-4-6-8-20)27-25-14-13-24(40-31(38)39-3)19-26(25)33-29(27)36/h4-14,19,23,32H,15-18H2,1-3H3,(H,33,36)/b28-27-. The van der Waals surface area contributed by atoms with Gasteiger partial charge in [0.1, 0.15) is 5.75 Å². The van der Waals surface area contributed by atoms with E-state index in [2.05, 4.69) is 34.4 Å². The Bertz CT molecular complexity index is 1440. The van der Waals surface area contributed by atoms with Crippen molar-refractivity contribution < 1.29 is 23.9 Å². The number of anilines is 2. The number of carbonyl (C=O) groups is 3. The van der Waals surface area contributed by atoms with Gasteiger partial charge in [0.15, 0.2) is 0 Å². The lowest BCUT2D eigenvalue weighted by molar-refractivity contribution is -0.110. The van der Waals surface area contributed by atoms with Gasteiger partial charge in [-0.15, -0.1) is 0 Å². The third-order valence-corrected chi connectivity index (χ3v) is 7.30. The van der Waals surface area contributed by atoms with Gasteiger partial charge in [0, 0.05) is 42.0 Å². The first-order chi connectivity index (χ1) is 19.3. The maximum atomic E-state index is 13.2. The first kappa shape index (κ1) is 27.0. The third kappa shape index (κ3) is 5.69. The van der Waals surface area contributed by atoms with Crippen LogP contribution in [0.5, 0.6) is 5.75 Å². The van der Waals surface area contributed by atoms with E-state index in [0.717, 1.165) is 37.2 Å². The summed E-state index contributed by atoms with van der Waals surface area (Å²) in [6, 6.07) is 22.3. The average molecular weight is 541 g/mol. The van der Waals surface area contributed by atoms with Gasteiger partial charge in [0.05, 0.1) is 24.1 Å². The highest BCUT2D eigenvalue weighted by Gasteiger charge is 2.29. The number of nitrogens with zero attached hydrogens (tertiary/aromatic N) is 2. The molecule has 206 valence electrons. The Balaban J connectivity index is 1.41. The Hall–Kier alpha value is -4.63. The summed E-state index contributed by atoms with van der Waals surface area (Å²) in [4.78, 5) is 42.0. The second-order valence-electron chi connectivity index (χ2n) is 10.0. The van der Waals surface area contributed by atoms with Gasteiger partial charge in [0.2, 0.25) is 0 Å². The topological polar surface area (TPSA) is 100 Å². The van der Waals surface area contributed by atoms with Crippen molar-refractivity contribution in [1.29, 1.82) is 0 Å². The van der Waals surface area contributed by atoms with E-state index in [0.29, 0.717) is 34.1 Å². The van der Waals surface area contributed by atoms with Crippen molar-refractivity contribution >= 4 is 40.6 Å². The summed E-state index contributed by atoms with van der Waals surface area (Å²) in [5.74, 6) is -0.00321. The molecule has 0 unspecified atom stereocenters. The lowest BCUT2D eigenvalue weighted by Crippen LogP contribution is -2.44. The fourth-order valence-electron chi connectivity index (χ4n) is 5.09. The number of carbonyl (C=O) groups excluding carboxylic acids is 3. The maximum absolute atomic E-state index is 13.2. The first-order valence-corrected chi connectivity index (χ1v) is 13.2. The number of nitrogens with one attached hydrogen (secondary N) is 2. The highest BCUT2D eigenvalue weighted by molar-refractivity contribution is 6.37. The number of hydrogen-bond acceptors (Lipinski definition) is 7. The van der Waals surface area contributed by atoms with Crippen molar-refractivity contribution in [3.05, 3.63) is 89.5 Å². The van der Waals surface area contributed by atoms with E-state index in [-0.39, 0.29) is 17.6 Å². The van der Waals surface area contributed by atoms with Gasteiger partial charge in [-0.1, -0.05) is 30.3 Å². The summed E-state index contributed by atoms with van der Waals surface area (Å²) in [5.41, 5.74) is 4.44. The summed E-state index contributed by atoms with van der Waals surface area (Å²) < 4.78 is 9.67. The Morgan fingerprint density at radius 3 is 2.30 bits per heavy atom. The molecule has 0 spiro atoms. The van der Waals surface area contributed by atoms with E-state index >= 15 is 0 Å². The van der Waals surface area contributed by atoms with Crippen molar-refractivity contribution in [1.82, 2.24) is 9.80 Å². The average Bonchev–Trinajstić information content (AvgIpc) is 3.30. The molecule has 1 fully saturated rings. The smallest absolute Gasteiger partial charge is 0.437 e. The van der Waals surface area contributed by atoms with Gasteiger partial charge >= 0.3 is 6.16 Å². The molecule has 2 N–H and O–H groups in total. The second-order valence-corrected chi connectivity index (χ2v) is 10.0. The van der Waals surface area contributed by atoms with Crippen LogP contribution < -0.4 is 15.4 Å². The number of benzene rings is 3. The van der Waals surface area contributed by atoms with Crippen LogP contribution in [-0.4, -0.2) is 68.1 Å². The Morgan fingerprint density at radius 1 is 0.950 bits per heavy atom. The minimum absolute atomic E-state index is 0.0273. The van der Waals surface area contributed by atoms with Gasteiger partial charge in [-0.25, -0.2) is 4.79 Å². The molecule has 0 bridgehead atoms. The predicted octanol–water partition coefficient (Wildman–Crippen LogP) is 4.93. The van der Waals surface area contributed by atoms with Crippen molar-refractivity contribution in [3.8, 4) is 5.75 Å². The monoisotopic (exact) mass is 540 g/mol. The molecule has 0 atom stereocenters. The van der Waals surface area contributed by atoms with Crippen molar-refractivity contribution in [2.45, 2.75) is 18.9 Å².